The molecule has 0 spiro atoms. The monoisotopic (exact) mass is 368 g/mol. The van der Waals surface area contributed by atoms with Gasteiger partial charge in [0.2, 0.25) is 0 Å². The highest BCUT2D eigenvalue weighted by molar-refractivity contribution is 6.30. The zero-order valence-electron chi connectivity index (χ0n) is 13.5. The average molecular weight is 369 g/mol. The van der Waals surface area contributed by atoms with Crippen LogP contribution in [-0.4, -0.2) is 24.1 Å². The van der Waals surface area contributed by atoms with Crippen LogP contribution in [0.15, 0.2) is 48.5 Å². The van der Waals surface area contributed by atoms with E-state index < -0.39 is 6.61 Å². The normalized spacial score (nSPS) is 12.2. The molecule has 0 aromatic heterocycles. The molecule has 2 aromatic carbocycles. The molecule has 0 aliphatic heterocycles. The number of ketones is 1. The van der Waals surface area contributed by atoms with Gasteiger partial charge in [0.05, 0.1) is 0 Å². The van der Waals surface area contributed by atoms with Crippen molar-refractivity contribution in [2.75, 3.05) is 6.61 Å². The predicted molar refractivity (Wildman–Crippen MR) is 92.1 cm³/mol. The second-order valence-electron chi connectivity index (χ2n) is 5.82. The average Bonchev–Trinajstić information content (AvgIpc) is 2.57. The molecule has 1 atom stereocenters. The van der Waals surface area contributed by atoms with Crippen LogP contribution in [0, 0.1) is 5.92 Å². The van der Waals surface area contributed by atoms with Crippen molar-refractivity contribution in [1.29, 1.82) is 0 Å². The number of ether oxygens (including phenoxy) is 1. The van der Waals surface area contributed by atoms with Gasteiger partial charge >= 0.3 is 6.61 Å². The van der Waals surface area contributed by atoms with Crippen LogP contribution in [0.4, 0.5) is 8.78 Å². The molecule has 0 heterocycles. The molecule has 1 unspecified atom stereocenters. The van der Waals surface area contributed by atoms with Crippen LogP contribution in [0.25, 0.3) is 0 Å². The van der Waals surface area contributed by atoms with Crippen LogP contribution in [0.5, 0.6) is 5.75 Å². The van der Waals surface area contributed by atoms with Crippen LogP contribution < -0.4 is 4.74 Å². The minimum Gasteiger partial charge on any atom is -0.435 e. The minimum atomic E-state index is -2.86. The fourth-order valence-electron chi connectivity index (χ4n) is 2.57. The Morgan fingerprint density at radius 2 is 1.64 bits per heavy atom. The highest BCUT2D eigenvalue weighted by Gasteiger charge is 2.15. The Hall–Kier alpha value is -1.98. The molecule has 25 heavy (non-hydrogen) atoms. The first-order valence-electron chi connectivity index (χ1n) is 7.87. The molecule has 2 aromatic rings. The summed E-state index contributed by atoms with van der Waals surface area (Å²) in [4.78, 5) is 12.2. The molecular weight excluding hydrogens is 350 g/mol. The molecule has 0 amide bonds. The SMILES string of the molecule is O=C(Cc1ccc(Cl)cc1)CC(CO)Cc1ccc(OC(F)F)cc1. The van der Waals surface area contributed by atoms with E-state index in [0.29, 0.717) is 11.4 Å². The first-order chi connectivity index (χ1) is 12.0. The number of hydrogen-bond acceptors (Lipinski definition) is 3. The quantitative estimate of drug-likeness (QED) is 0.718. The van der Waals surface area contributed by atoms with Crippen LogP contribution in [-0.2, 0) is 17.6 Å². The summed E-state index contributed by atoms with van der Waals surface area (Å²) >= 11 is 5.82. The maximum Gasteiger partial charge on any atom is 0.387 e. The summed E-state index contributed by atoms with van der Waals surface area (Å²) in [6.07, 6.45) is 1.01. The molecule has 2 rings (SSSR count). The largest absolute Gasteiger partial charge is 0.435 e. The zero-order chi connectivity index (χ0) is 18.2. The summed E-state index contributed by atoms with van der Waals surface area (Å²) < 4.78 is 28.6. The zero-order valence-corrected chi connectivity index (χ0v) is 14.3. The number of benzene rings is 2. The lowest BCUT2D eigenvalue weighted by Gasteiger charge is -2.14. The van der Waals surface area contributed by atoms with E-state index in [0.717, 1.165) is 11.1 Å². The van der Waals surface area contributed by atoms with Crippen molar-refractivity contribution in [2.45, 2.75) is 25.9 Å². The maximum absolute atomic E-state index is 12.2. The highest BCUT2D eigenvalue weighted by atomic mass is 35.5. The lowest BCUT2D eigenvalue weighted by molar-refractivity contribution is -0.119. The van der Waals surface area contributed by atoms with Gasteiger partial charge in [-0.15, -0.1) is 0 Å². The van der Waals surface area contributed by atoms with Gasteiger partial charge in [0.15, 0.2) is 0 Å². The Bertz CT molecular complexity index is 672. The Balaban J connectivity index is 1.88. The molecule has 0 saturated carbocycles. The summed E-state index contributed by atoms with van der Waals surface area (Å²) in [7, 11) is 0. The molecular formula is C19H19ClF2O3. The van der Waals surface area contributed by atoms with E-state index in [2.05, 4.69) is 4.74 Å². The lowest BCUT2D eigenvalue weighted by atomic mass is 9.93. The maximum atomic E-state index is 12.2. The van der Waals surface area contributed by atoms with Crippen LogP contribution >= 0.6 is 11.6 Å². The number of carbonyl (C=O) groups excluding carboxylic acids is 1. The Morgan fingerprint density at radius 1 is 1.04 bits per heavy atom. The smallest absolute Gasteiger partial charge is 0.387 e. The number of aliphatic hydroxyl groups excluding tert-OH is 1. The summed E-state index contributed by atoms with van der Waals surface area (Å²) in [5, 5.41) is 10.1. The molecule has 0 fully saturated rings. The number of alkyl halides is 2. The first kappa shape index (κ1) is 19.3. The molecule has 0 aliphatic rings. The number of Topliss-reactive ketones (excluding diaryl/α,β-unsaturated/α-hetero) is 1. The third-order valence-corrected chi connectivity index (χ3v) is 4.01. The summed E-state index contributed by atoms with van der Waals surface area (Å²) in [6, 6.07) is 13.3. The number of rotatable bonds is 9. The summed E-state index contributed by atoms with van der Waals surface area (Å²) in [5.74, 6) is -0.112. The van der Waals surface area contributed by atoms with E-state index in [1.807, 2.05) is 0 Å². The van der Waals surface area contributed by atoms with Crippen LogP contribution in [0.2, 0.25) is 5.02 Å². The van der Waals surface area contributed by atoms with Gasteiger partial charge in [-0.05, 0) is 47.7 Å². The summed E-state index contributed by atoms with van der Waals surface area (Å²) in [6.45, 7) is -2.98. The highest BCUT2D eigenvalue weighted by Crippen LogP contribution is 2.19. The van der Waals surface area contributed by atoms with Crippen molar-refractivity contribution >= 4 is 17.4 Å². The predicted octanol–water partition coefficient (Wildman–Crippen LogP) is 4.29. The Kier molecular flexibility index (Phi) is 7.34. The molecule has 0 aliphatic carbocycles. The van der Waals surface area contributed by atoms with Gasteiger partial charge in [-0.25, -0.2) is 0 Å². The van der Waals surface area contributed by atoms with E-state index >= 15 is 0 Å². The van der Waals surface area contributed by atoms with E-state index in [1.165, 1.54) is 12.1 Å². The molecule has 134 valence electrons. The van der Waals surface area contributed by atoms with Crippen molar-refractivity contribution in [1.82, 2.24) is 0 Å². The van der Waals surface area contributed by atoms with Gasteiger partial charge in [-0.2, -0.15) is 8.78 Å². The third-order valence-electron chi connectivity index (χ3n) is 3.76. The molecule has 1 N–H and O–H groups in total. The molecule has 0 saturated heterocycles. The number of hydrogen-bond donors (Lipinski definition) is 1. The van der Waals surface area contributed by atoms with Gasteiger partial charge < -0.3 is 9.84 Å². The van der Waals surface area contributed by atoms with Crippen molar-refractivity contribution < 1.29 is 23.4 Å². The van der Waals surface area contributed by atoms with E-state index in [1.54, 1.807) is 36.4 Å². The number of carbonyl (C=O) groups is 1. The topological polar surface area (TPSA) is 46.5 Å². The van der Waals surface area contributed by atoms with Crippen molar-refractivity contribution in [3.63, 3.8) is 0 Å². The minimum absolute atomic E-state index is 0.0269. The molecule has 0 bridgehead atoms. The third kappa shape index (κ3) is 6.80. The number of aliphatic hydroxyl groups is 1. The van der Waals surface area contributed by atoms with E-state index in [-0.39, 0.29) is 36.9 Å². The van der Waals surface area contributed by atoms with Gasteiger partial charge in [0.25, 0.3) is 0 Å². The first-order valence-corrected chi connectivity index (χ1v) is 8.25. The van der Waals surface area contributed by atoms with Gasteiger partial charge in [-0.3, -0.25) is 4.79 Å². The van der Waals surface area contributed by atoms with Crippen molar-refractivity contribution in [3.05, 3.63) is 64.7 Å². The number of halogens is 3. The van der Waals surface area contributed by atoms with Crippen molar-refractivity contribution in [2.24, 2.45) is 5.92 Å². The standard InChI is InChI=1S/C19H19ClF2O3/c20-16-5-1-14(2-6-16)10-17(24)11-15(12-23)9-13-3-7-18(8-4-13)25-19(21)22/h1-8,15,19,23H,9-12H2. The van der Waals surface area contributed by atoms with E-state index in [4.69, 9.17) is 11.6 Å². The fraction of sp³-hybridized carbons (Fsp3) is 0.316. The molecule has 3 nitrogen and oxygen atoms in total. The Labute approximate surface area is 150 Å². The van der Waals surface area contributed by atoms with E-state index in [9.17, 15) is 18.7 Å². The van der Waals surface area contributed by atoms with Crippen LogP contribution in [0.3, 0.4) is 0 Å². The molecule has 6 heteroatoms. The van der Waals surface area contributed by atoms with Gasteiger partial charge in [0.1, 0.15) is 11.5 Å². The molecule has 0 radical (unpaired) electrons. The van der Waals surface area contributed by atoms with Crippen molar-refractivity contribution in [3.8, 4) is 5.75 Å². The Morgan fingerprint density at radius 3 is 2.20 bits per heavy atom. The lowest BCUT2D eigenvalue weighted by Crippen LogP contribution is -2.16. The fourth-order valence-corrected chi connectivity index (χ4v) is 2.69. The van der Waals surface area contributed by atoms with Gasteiger partial charge in [0, 0.05) is 24.5 Å². The second kappa shape index (κ2) is 9.49. The second-order valence-corrected chi connectivity index (χ2v) is 6.26. The van der Waals surface area contributed by atoms with Gasteiger partial charge in [-0.1, -0.05) is 35.9 Å². The summed E-state index contributed by atoms with van der Waals surface area (Å²) in [5.41, 5.74) is 1.72. The van der Waals surface area contributed by atoms with Crippen LogP contribution in [0.1, 0.15) is 17.5 Å².